The Labute approximate surface area is 151 Å². The minimum absolute atomic E-state index is 0.126. The minimum Gasteiger partial charge on any atom is -0.393 e. The molecule has 2 aromatic heterocycles. The molecule has 0 radical (unpaired) electrons. The number of amides is 1. The molecule has 1 fully saturated rings. The van der Waals surface area contributed by atoms with Gasteiger partial charge in [-0.15, -0.1) is 0 Å². The molecule has 1 amide bonds. The third-order valence-corrected chi connectivity index (χ3v) is 4.41. The zero-order chi connectivity index (χ0) is 17.9. The van der Waals surface area contributed by atoms with E-state index in [-0.39, 0.29) is 12.0 Å². The molecular weight excluding hydrogens is 328 g/mol. The summed E-state index contributed by atoms with van der Waals surface area (Å²) in [4.78, 5) is 18.7. The van der Waals surface area contributed by atoms with E-state index in [9.17, 15) is 9.90 Å². The second-order valence-electron chi connectivity index (χ2n) is 6.31. The van der Waals surface area contributed by atoms with Gasteiger partial charge >= 0.3 is 0 Å². The Morgan fingerprint density at radius 1 is 1.12 bits per heavy atom. The van der Waals surface area contributed by atoms with Gasteiger partial charge in [0.2, 0.25) is 0 Å². The number of fused-ring (bicyclic) bond motifs is 1. The van der Waals surface area contributed by atoms with Gasteiger partial charge in [-0.2, -0.15) is 5.10 Å². The second-order valence-corrected chi connectivity index (χ2v) is 6.31. The molecule has 3 aromatic rings. The van der Waals surface area contributed by atoms with Crippen LogP contribution in [0.5, 0.6) is 0 Å². The maximum Gasteiger partial charge on any atom is 0.274 e. The summed E-state index contributed by atoms with van der Waals surface area (Å²) in [6, 6.07) is 11.4. The number of rotatable bonds is 1. The SMILES string of the molecule is O=C(c1cc2ncc(C#Cc3ccccc3)cn2n1)N1CCC(O)CC1. The van der Waals surface area contributed by atoms with Gasteiger partial charge < -0.3 is 10.0 Å². The summed E-state index contributed by atoms with van der Waals surface area (Å²) in [7, 11) is 0. The van der Waals surface area contributed by atoms with Crippen LogP contribution in [0.3, 0.4) is 0 Å². The average Bonchev–Trinajstić information content (AvgIpc) is 3.10. The average molecular weight is 346 g/mol. The van der Waals surface area contributed by atoms with Crippen LogP contribution in [-0.2, 0) is 0 Å². The zero-order valence-electron chi connectivity index (χ0n) is 14.2. The van der Waals surface area contributed by atoms with Crippen LogP contribution in [0.25, 0.3) is 5.65 Å². The van der Waals surface area contributed by atoms with Gasteiger partial charge in [-0.25, -0.2) is 9.50 Å². The molecule has 1 saturated heterocycles. The topological polar surface area (TPSA) is 70.7 Å². The molecule has 1 aromatic carbocycles. The summed E-state index contributed by atoms with van der Waals surface area (Å²) in [6.45, 7) is 1.10. The Morgan fingerprint density at radius 2 is 1.85 bits per heavy atom. The fraction of sp³-hybridized carbons (Fsp3) is 0.250. The number of nitrogens with zero attached hydrogens (tertiary/aromatic N) is 4. The number of piperidine rings is 1. The molecule has 1 aliphatic rings. The van der Waals surface area contributed by atoms with Crippen LogP contribution in [-0.4, -0.2) is 49.7 Å². The Kier molecular flexibility index (Phi) is 4.38. The van der Waals surface area contributed by atoms with E-state index in [0.717, 1.165) is 11.1 Å². The number of aromatic nitrogens is 3. The van der Waals surface area contributed by atoms with Crippen LogP contribution < -0.4 is 0 Å². The Bertz CT molecular complexity index is 993. The van der Waals surface area contributed by atoms with Gasteiger partial charge in [0.15, 0.2) is 11.3 Å². The summed E-state index contributed by atoms with van der Waals surface area (Å²) in [5.74, 6) is 6.02. The van der Waals surface area contributed by atoms with Crippen molar-refractivity contribution in [1.82, 2.24) is 19.5 Å². The van der Waals surface area contributed by atoms with Crippen molar-refractivity contribution in [1.29, 1.82) is 0 Å². The number of carbonyl (C=O) groups excluding carboxylic acids is 1. The lowest BCUT2D eigenvalue weighted by Crippen LogP contribution is -2.40. The van der Waals surface area contributed by atoms with Crippen molar-refractivity contribution in [2.45, 2.75) is 18.9 Å². The van der Waals surface area contributed by atoms with E-state index < -0.39 is 0 Å². The second kappa shape index (κ2) is 6.98. The number of hydrogen-bond donors (Lipinski definition) is 1. The number of hydrogen-bond acceptors (Lipinski definition) is 4. The molecule has 0 atom stereocenters. The summed E-state index contributed by atoms with van der Waals surface area (Å²) in [6.07, 6.45) is 4.35. The van der Waals surface area contributed by atoms with Crippen molar-refractivity contribution in [3.05, 3.63) is 65.6 Å². The molecule has 0 bridgehead atoms. The number of likely N-dealkylation sites (tertiary alicyclic amines) is 1. The Balaban J connectivity index is 1.56. The van der Waals surface area contributed by atoms with Crippen molar-refractivity contribution in [3.63, 3.8) is 0 Å². The molecule has 0 spiro atoms. The van der Waals surface area contributed by atoms with Crippen LogP contribution in [0, 0.1) is 11.8 Å². The molecule has 6 nitrogen and oxygen atoms in total. The predicted octanol–water partition coefficient (Wildman–Crippen LogP) is 1.73. The third kappa shape index (κ3) is 3.44. The Morgan fingerprint density at radius 3 is 2.62 bits per heavy atom. The summed E-state index contributed by atoms with van der Waals surface area (Å²) < 4.78 is 1.58. The summed E-state index contributed by atoms with van der Waals surface area (Å²) in [5.41, 5.74) is 2.62. The van der Waals surface area contributed by atoms with E-state index in [2.05, 4.69) is 21.9 Å². The first-order chi connectivity index (χ1) is 12.7. The zero-order valence-corrected chi connectivity index (χ0v) is 14.2. The van der Waals surface area contributed by atoms with Crippen LogP contribution >= 0.6 is 0 Å². The van der Waals surface area contributed by atoms with Gasteiger partial charge in [-0.3, -0.25) is 4.79 Å². The largest absolute Gasteiger partial charge is 0.393 e. The molecule has 0 aliphatic carbocycles. The van der Waals surface area contributed by atoms with Gasteiger partial charge in [0.1, 0.15) is 0 Å². The molecule has 130 valence electrons. The lowest BCUT2D eigenvalue weighted by Gasteiger charge is -2.28. The first-order valence-corrected chi connectivity index (χ1v) is 8.59. The van der Waals surface area contributed by atoms with Crippen molar-refractivity contribution in [2.75, 3.05) is 13.1 Å². The van der Waals surface area contributed by atoms with Crippen LogP contribution in [0.15, 0.2) is 48.8 Å². The molecular formula is C20H18N4O2. The lowest BCUT2D eigenvalue weighted by molar-refractivity contribution is 0.0541. The molecule has 0 unspecified atom stereocenters. The smallest absolute Gasteiger partial charge is 0.274 e. The third-order valence-electron chi connectivity index (χ3n) is 4.41. The summed E-state index contributed by atoms with van der Waals surface area (Å²) in [5, 5.41) is 13.9. The van der Waals surface area contributed by atoms with Crippen molar-refractivity contribution >= 4 is 11.6 Å². The van der Waals surface area contributed by atoms with Crippen LogP contribution in [0.4, 0.5) is 0 Å². The van der Waals surface area contributed by atoms with E-state index in [1.165, 1.54) is 0 Å². The quantitative estimate of drug-likeness (QED) is 0.681. The standard InChI is InChI=1S/C20H18N4O2/c25-17-8-10-23(11-9-17)20(26)18-12-19-21-13-16(14-24(19)22-18)7-6-15-4-2-1-3-5-15/h1-5,12-14,17,25H,8-11H2. The van der Waals surface area contributed by atoms with E-state index in [0.29, 0.717) is 37.3 Å². The van der Waals surface area contributed by atoms with Gasteiger partial charge in [0.05, 0.1) is 11.7 Å². The minimum atomic E-state index is -0.312. The highest BCUT2D eigenvalue weighted by molar-refractivity contribution is 5.93. The van der Waals surface area contributed by atoms with E-state index in [1.54, 1.807) is 27.9 Å². The number of carbonyl (C=O) groups is 1. The van der Waals surface area contributed by atoms with Gasteiger partial charge in [-0.1, -0.05) is 30.0 Å². The maximum atomic E-state index is 12.6. The van der Waals surface area contributed by atoms with Crippen molar-refractivity contribution in [2.24, 2.45) is 0 Å². The monoisotopic (exact) mass is 346 g/mol. The fourth-order valence-electron chi connectivity index (χ4n) is 2.94. The van der Waals surface area contributed by atoms with Gasteiger partial charge in [0, 0.05) is 37.1 Å². The highest BCUT2D eigenvalue weighted by atomic mass is 16.3. The first kappa shape index (κ1) is 16.3. The predicted molar refractivity (Wildman–Crippen MR) is 96.6 cm³/mol. The highest BCUT2D eigenvalue weighted by Gasteiger charge is 2.24. The first-order valence-electron chi connectivity index (χ1n) is 8.59. The summed E-state index contributed by atoms with van der Waals surface area (Å²) >= 11 is 0. The normalized spacial score (nSPS) is 14.9. The molecule has 3 heterocycles. The van der Waals surface area contributed by atoms with E-state index in [4.69, 9.17) is 0 Å². The van der Waals surface area contributed by atoms with Crippen LogP contribution in [0.2, 0.25) is 0 Å². The van der Waals surface area contributed by atoms with Crippen molar-refractivity contribution in [3.8, 4) is 11.8 Å². The van der Waals surface area contributed by atoms with Gasteiger partial charge in [-0.05, 0) is 25.0 Å². The molecule has 4 rings (SSSR count). The van der Waals surface area contributed by atoms with E-state index >= 15 is 0 Å². The fourth-order valence-corrected chi connectivity index (χ4v) is 2.94. The van der Waals surface area contributed by atoms with Crippen molar-refractivity contribution < 1.29 is 9.90 Å². The van der Waals surface area contributed by atoms with E-state index in [1.807, 2.05) is 30.3 Å². The molecule has 0 saturated carbocycles. The number of aliphatic hydroxyl groups is 1. The molecule has 26 heavy (non-hydrogen) atoms. The molecule has 1 aliphatic heterocycles. The molecule has 1 N–H and O–H groups in total. The van der Waals surface area contributed by atoms with Crippen LogP contribution in [0.1, 0.15) is 34.5 Å². The van der Waals surface area contributed by atoms with Gasteiger partial charge in [0.25, 0.3) is 5.91 Å². The maximum absolute atomic E-state index is 12.6. The highest BCUT2D eigenvalue weighted by Crippen LogP contribution is 2.14. The molecule has 6 heteroatoms. The number of aliphatic hydroxyl groups excluding tert-OH is 1. The Hall–Kier alpha value is -3.17. The number of benzene rings is 1. The lowest BCUT2D eigenvalue weighted by atomic mass is 10.1.